The van der Waals surface area contributed by atoms with Crippen LogP contribution >= 0.6 is 36.4 Å². The number of amides is 1. The quantitative estimate of drug-likeness (QED) is 0.476. The SMILES string of the molecule is COCCCC(=O)NC1CCC(CCN2CCN(c3cc(F)cc(Cl)c3)CC2)CC1.Cl.Cl. The third-order valence-corrected chi connectivity index (χ3v) is 6.62. The number of methoxy groups -OCH3 is 1. The lowest BCUT2D eigenvalue weighted by molar-refractivity contribution is -0.122. The summed E-state index contributed by atoms with van der Waals surface area (Å²) in [7, 11) is 1.67. The van der Waals surface area contributed by atoms with E-state index in [0.29, 0.717) is 24.1 Å². The van der Waals surface area contributed by atoms with E-state index in [1.807, 2.05) is 6.07 Å². The zero-order valence-corrected chi connectivity index (χ0v) is 21.3. The molecule has 0 unspecified atom stereocenters. The number of benzene rings is 1. The Morgan fingerprint density at radius 1 is 1.12 bits per heavy atom. The first kappa shape index (κ1) is 29.2. The molecule has 32 heavy (non-hydrogen) atoms. The van der Waals surface area contributed by atoms with E-state index >= 15 is 0 Å². The van der Waals surface area contributed by atoms with Crippen molar-refractivity contribution in [2.75, 3.05) is 51.3 Å². The van der Waals surface area contributed by atoms with Crippen LogP contribution in [0.15, 0.2) is 18.2 Å². The third kappa shape index (κ3) is 9.60. The highest BCUT2D eigenvalue weighted by atomic mass is 35.5. The van der Waals surface area contributed by atoms with E-state index in [9.17, 15) is 9.18 Å². The van der Waals surface area contributed by atoms with Crippen molar-refractivity contribution in [3.05, 3.63) is 29.0 Å². The van der Waals surface area contributed by atoms with Gasteiger partial charge >= 0.3 is 0 Å². The smallest absolute Gasteiger partial charge is 0.220 e. The molecule has 0 bridgehead atoms. The van der Waals surface area contributed by atoms with Crippen LogP contribution in [-0.2, 0) is 9.53 Å². The largest absolute Gasteiger partial charge is 0.385 e. The number of rotatable bonds is 9. The molecular formula is C23H37Cl3FN3O2. The van der Waals surface area contributed by atoms with Crippen LogP contribution in [-0.4, -0.2) is 63.3 Å². The van der Waals surface area contributed by atoms with E-state index in [1.165, 1.54) is 25.3 Å². The van der Waals surface area contributed by atoms with E-state index in [2.05, 4.69) is 15.1 Å². The van der Waals surface area contributed by atoms with Gasteiger partial charge in [0.1, 0.15) is 5.82 Å². The van der Waals surface area contributed by atoms with E-state index in [4.69, 9.17) is 16.3 Å². The van der Waals surface area contributed by atoms with Gasteiger partial charge in [0.15, 0.2) is 0 Å². The molecule has 9 heteroatoms. The van der Waals surface area contributed by atoms with Crippen LogP contribution in [0.3, 0.4) is 0 Å². The van der Waals surface area contributed by atoms with Gasteiger partial charge in [0.05, 0.1) is 0 Å². The molecular weight excluding hydrogens is 476 g/mol. The van der Waals surface area contributed by atoms with Gasteiger partial charge in [-0.1, -0.05) is 11.6 Å². The lowest BCUT2D eigenvalue weighted by atomic mass is 9.84. The van der Waals surface area contributed by atoms with Crippen molar-refractivity contribution < 1.29 is 13.9 Å². The number of halogens is 4. The van der Waals surface area contributed by atoms with Gasteiger partial charge in [-0.15, -0.1) is 24.8 Å². The zero-order valence-electron chi connectivity index (χ0n) is 18.9. The van der Waals surface area contributed by atoms with Crippen LogP contribution in [0, 0.1) is 11.7 Å². The van der Waals surface area contributed by atoms with Gasteiger partial charge < -0.3 is 15.0 Å². The molecule has 1 saturated carbocycles. The summed E-state index contributed by atoms with van der Waals surface area (Å²) < 4.78 is 18.6. The first-order chi connectivity index (χ1) is 14.5. The fraction of sp³-hybridized carbons (Fsp3) is 0.696. The number of piperazine rings is 1. The number of nitrogens with zero attached hydrogens (tertiary/aromatic N) is 2. The number of carbonyl (C=O) groups excluding carboxylic acids is 1. The molecule has 1 aliphatic heterocycles. The van der Waals surface area contributed by atoms with E-state index in [0.717, 1.165) is 63.6 Å². The van der Waals surface area contributed by atoms with Gasteiger partial charge in [0, 0.05) is 63.1 Å². The Morgan fingerprint density at radius 2 is 1.81 bits per heavy atom. The number of hydrogen-bond donors (Lipinski definition) is 1. The van der Waals surface area contributed by atoms with Gasteiger partial charge in [0.2, 0.25) is 5.91 Å². The summed E-state index contributed by atoms with van der Waals surface area (Å²) in [5, 5.41) is 3.64. The molecule has 0 aromatic heterocycles. The van der Waals surface area contributed by atoms with Crippen molar-refractivity contribution in [3.63, 3.8) is 0 Å². The first-order valence-electron chi connectivity index (χ1n) is 11.2. The predicted molar refractivity (Wildman–Crippen MR) is 134 cm³/mol. The second-order valence-corrected chi connectivity index (χ2v) is 9.06. The molecule has 0 spiro atoms. The summed E-state index contributed by atoms with van der Waals surface area (Å²) in [5.41, 5.74) is 0.877. The summed E-state index contributed by atoms with van der Waals surface area (Å²) in [5.74, 6) is 0.640. The second kappa shape index (κ2) is 15.2. The summed E-state index contributed by atoms with van der Waals surface area (Å²) in [6, 6.07) is 5.10. The Kier molecular flexibility index (Phi) is 13.9. The normalized spacial score (nSPS) is 21.4. The van der Waals surface area contributed by atoms with Crippen molar-refractivity contribution in [1.82, 2.24) is 10.2 Å². The van der Waals surface area contributed by atoms with E-state index < -0.39 is 0 Å². The molecule has 1 heterocycles. The van der Waals surface area contributed by atoms with Crippen LogP contribution in [0.2, 0.25) is 5.02 Å². The summed E-state index contributed by atoms with van der Waals surface area (Å²) in [6.45, 7) is 5.58. The standard InChI is InChI=1S/C23H35ClFN3O2.2ClH/c1-30-14-2-3-23(29)26-21-6-4-18(5-7-21)8-9-27-10-12-28(13-11-27)22-16-19(24)15-20(25)17-22;;/h15-18,21H,2-14H2,1H3,(H,26,29);2*1H. The van der Waals surface area contributed by atoms with Gasteiger partial charge in [-0.2, -0.15) is 0 Å². The minimum atomic E-state index is -0.276. The Labute approximate surface area is 209 Å². The van der Waals surface area contributed by atoms with Gasteiger partial charge in [-0.25, -0.2) is 4.39 Å². The fourth-order valence-electron chi connectivity index (χ4n) is 4.59. The fourth-order valence-corrected chi connectivity index (χ4v) is 4.81. The van der Waals surface area contributed by atoms with E-state index in [1.54, 1.807) is 13.2 Å². The highest BCUT2D eigenvalue weighted by Crippen LogP contribution is 2.28. The zero-order chi connectivity index (χ0) is 21.3. The molecule has 3 rings (SSSR count). The third-order valence-electron chi connectivity index (χ3n) is 6.40. The lowest BCUT2D eigenvalue weighted by Gasteiger charge is -2.37. The van der Waals surface area contributed by atoms with E-state index in [-0.39, 0.29) is 36.5 Å². The summed E-state index contributed by atoms with van der Waals surface area (Å²) in [4.78, 5) is 16.7. The lowest BCUT2D eigenvalue weighted by Crippen LogP contribution is -2.47. The van der Waals surface area contributed by atoms with Crippen molar-refractivity contribution in [3.8, 4) is 0 Å². The second-order valence-electron chi connectivity index (χ2n) is 8.63. The molecule has 5 nitrogen and oxygen atoms in total. The number of hydrogen-bond acceptors (Lipinski definition) is 4. The molecule has 184 valence electrons. The number of carbonyl (C=O) groups is 1. The van der Waals surface area contributed by atoms with Crippen LogP contribution < -0.4 is 10.2 Å². The van der Waals surface area contributed by atoms with Gasteiger partial charge in [0.25, 0.3) is 0 Å². The number of nitrogens with one attached hydrogen (secondary N) is 1. The minimum Gasteiger partial charge on any atom is -0.385 e. The Morgan fingerprint density at radius 3 is 2.44 bits per heavy atom. The Bertz CT molecular complexity index is 662. The topological polar surface area (TPSA) is 44.8 Å². The highest BCUT2D eigenvalue weighted by molar-refractivity contribution is 6.30. The van der Waals surface area contributed by atoms with Crippen LogP contribution in [0.4, 0.5) is 10.1 Å². The van der Waals surface area contributed by atoms with Crippen molar-refractivity contribution >= 4 is 48.0 Å². The monoisotopic (exact) mass is 511 g/mol. The summed E-state index contributed by atoms with van der Waals surface area (Å²) in [6.07, 6.45) is 7.15. The molecule has 1 amide bonds. The number of anilines is 1. The molecule has 0 atom stereocenters. The Hall–Kier alpha value is -0.790. The van der Waals surface area contributed by atoms with Crippen LogP contribution in [0.25, 0.3) is 0 Å². The molecule has 2 aliphatic rings. The van der Waals surface area contributed by atoms with Crippen LogP contribution in [0.5, 0.6) is 0 Å². The molecule has 1 aromatic carbocycles. The average Bonchev–Trinajstić information content (AvgIpc) is 2.73. The predicted octanol–water partition coefficient (Wildman–Crippen LogP) is 4.94. The van der Waals surface area contributed by atoms with Gasteiger partial charge in [-0.05, 0) is 69.2 Å². The van der Waals surface area contributed by atoms with Gasteiger partial charge in [-0.3, -0.25) is 9.69 Å². The maximum absolute atomic E-state index is 13.6. The molecule has 2 fully saturated rings. The molecule has 0 radical (unpaired) electrons. The van der Waals surface area contributed by atoms with Crippen LogP contribution in [0.1, 0.15) is 44.9 Å². The molecule has 1 N–H and O–H groups in total. The van der Waals surface area contributed by atoms with Crippen molar-refractivity contribution in [2.45, 2.75) is 51.0 Å². The van der Waals surface area contributed by atoms with Crippen molar-refractivity contribution in [1.29, 1.82) is 0 Å². The maximum atomic E-state index is 13.6. The molecule has 1 aliphatic carbocycles. The molecule has 1 saturated heterocycles. The Balaban J connectivity index is 0.00000256. The first-order valence-corrected chi connectivity index (χ1v) is 11.6. The summed E-state index contributed by atoms with van der Waals surface area (Å²) >= 11 is 5.99. The average molecular weight is 513 g/mol. The molecule has 1 aromatic rings. The minimum absolute atomic E-state index is 0. The van der Waals surface area contributed by atoms with Crippen molar-refractivity contribution in [2.24, 2.45) is 5.92 Å². The maximum Gasteiger partial charge on any atom is 0.220 e. The highest BCUT2D eigenvalue weighted by Gasteiger charge is 2.24. The number of ether oxygens (including phenoxy) is 1.